The molecule has 0 aliphatic rings. The number of benzene rings is 2. The minimum Gasteiger partial charge on any atom is -0.494 e. The SMILES string of the molecule is C[B]c1cc(Cc2cc3ccccc3s2)c(C)c(C)c1OCCCC. The first-order valence-electron chi connectivity index (χ1n) is 9.16. The highest BCUT2D eigenvalue weighted by Gasteiger charge is 2.14. The molecule has 0 saturated carbocycles. The van der Waals surface area contributed by atoms with Crippen molar-refractivity contribution in [1.29, 1.82) is 0 Å². The molecule has 0 aliphatic heterocycles. The summed E-state index contributed by atoms with van der Waals surface area (Å²) in [5, 5.41) is 1.35. The molecular formula is C22H26BOS. The Kier molecular flexibility index (Phi) is 5.85. The molecule has 3 aromatic rings. The number of unbranched alkanes of at least 4 members (excludes halogenated alkanes) is 1. The van der Waals surface area contributed by atoms with Gasteiger partial charge < -0.3 is 4.74 Å². The summed E-state index contributed by atoms with van der Waals surface area (Å²) in [5.74, 6) is 1.06. The van der Waals surface area contributed by atoms with Crippen molar-refractivity contribution in [2.75, 3.05) is 6.61 Å². The molecule has 0 aliphatic carbocycles. The summed E-state index contributed by atoms with van der Waals surface area (Å²) < 4.78 is 7.47. The standard InChI is InChI=1S/C22H26BOS/c1-5-6-11-24-22-16(3)15(2)18(14-20(22)23-4)13-19-12-17-9-7-8-10-21(17)25-19/h7-10,12,14H,5-6,11,13H2,1-4H3. The van der Waals surface area contributed by atoms with Crippen molar-refractivity contribution in [3.63, 3.8) is 0 Å². The van der Waals surface area contributed by atoms with Gasteiger partial charge in [0.1, 0.15) is 5.75 Å². The Bertz CT molecular complexity index is 833. The third-order valence-electron chi connectivity index (χ3n) is 4.87. The van der Waals surface area contributed by atoms with Crippen LogP contribution in [0.2, 0.25) is 6.82 Å². The molecule has 25 heavy (non-hydrogen) atoms. The second kappa shape index (κ2) is 8.10. The van der Waals surface area contributed by atoms with Gasteiger partial charge in [-0.05, 0) is 59.9 Å². The maximum atomic E-state index is 6.10. The third kappa shape index (κ3) is 3.93. The number of ether oxygens (including phenoxy) is 1. The molecule has 1 heterocycles. The van der Waals surface area contributed by atoms with Crippen LogP contribution in [0.15, 0.2) is 36.4 Å². The molecule has 0 fully saturated rings. The van der Waals surface area contributed by atoms with E-state index >= 15 is 0 Å². The van der Waals surface area contributed by atoms with Crippen LogP contribution in [0.4, 0.5) is 0 Å². The minimum absolute atomic E-state index is 0.799. The van der Waals surface area contributed by atoms with Gasteiger partial charge in [0.25, 0.3) is 0 Å². The maximum Gasteiger partial charge on any atom is 0.153 e. The first-order valence-corrected chi connectivity index (χ1v) is 9.98. The van der Waals surface area contributed by atoms with Crippen molar-refractivity contribution in [3.8, 4) is 5.75 Å². The van der Waals surface area contributed by atoms with E-state index in [1.807, 2.05) is 11.3 Å². The lowest BCUT2D eigenvalue weighted by Crippen LogP contribution is -2.19. The predicted molar refractivity (Wildman–Crippen MR) is 112 cm³/mol. The first-order chi connectivity index (χ1) is 12.1. The number of fused-ring (bicyclic) bond motifs is 1. The first kappa shape index (κ1) is 18.1. The van der Waals surface area contributed by atoms with E-state index in [0.717, 1.165) is 31.6 Å². The summed E-state index contributed by atoms with van der Waals surface area (Å²) in [4.78, 5) is 1.42. The van der Waals surface area contributed by atoms with Crippen LogP contribution in [-0.4, -0.2) is 13.9 Å². The summed E-state index contributed by atoms with van der Waals surface area (Å²) in [6.07, 6.45) is 3.25. The summed E-state index contributed by atoms with van der Waals surface area (Å²) in [6.45, 7) is 9.51. The zero-order valence-corrected chi connectivity index (χ0v) is 16.5. The van der Waals surface area contributed by atoms with Gasteiger partial charge >= 0.3 is 0 Å². The van der Waals surface area contributed by atoms with E-state index in [0.29, 0.717) is 0 Å². The van der Waals surface area contributed by atoms with Gasteiger partial charge in [0, 0.05) is 16.0 Å². The zero-order chi connectivity index (χ0) is 17.8. The van der Waals surface area contributed by atoms with Gasteiger partial charge in [0.05, 0.1) is 6.61 Å². The molecule has 1 radical (unpaired) electrons. The van der Waals surface area contributed by atoms with E-state index in [2.05, 4.69) is 71.3 Å². The molecule has 0 N–H and O–H groups in total. The predicted octanol–water partition coefficient (Wildman–Crippen LogP) is 5.67. The number of rotatable bonds is 7. The van der Waals surface area contributed by atoms with Crippen LogP contribution in [0.25, 0.3) is 10.1 Å². The lowest BCUT2D eigenvalue weighted by Gasteiger charge is -2.18. The van der Waals surface area contributed by atoms with Gasteiger partial charge in [-0.1, -0.05) is 44.4 Å². The smallest absolute Gasteiger partial charge is 0.153 e. The maximum absolute atomic E-state index is 6.10. The Morgan fingerprint density at radius 3 is 2.60 bits per heavy atom. The average molecular weight is 349 g/mol. The summed E-state index contributed by atoms with van der Waals surface area (Å²) >= 11 is 1.90. The molecule has 0 bridgehead atoms. The molecule has 129 valence electrons. The highest BCUT2D eigenvalue weighted by Crippen LogP contribution is 2.30. The van der Waals surface area contributed by atoms with Crippen molar-refractivity contribution in [3.05, 3.63) is 58.0 Å². The fraction of sp³-hybridized carbons (Fsp3) is 0.364. The topological polar surface area (TPSA) is 9.23 Å². The van der Waals surface area contributed by atoms with Gasteiger partial charge in [0.15, 0.2) is 7.28 Å². The molecule has 0 spiro atoms. The van der Waals surface area contributed by atoms with Crippen LogP contribution in [0.1, 0.15) is 41.3 Å². The Morgan fingerprint density at radius 2 is 1.88 bits per heavy atom. The normalized spacial score (nSPS) is 11.0. The van der Waals surface area contributed by atoms with Crippen molar-refractivity contribution in [2.24, 2.45) is 0 Å². The van der Waals surface area contributed by atoms with E-state index in [1.54, 1.807) is 0 Å². The fourth-order valence-electron chi connectivity index (χ4n) is 3.21. The van der Waals surface area contributed by atoms with Crippen molar-refractivity contribution in [2.45, 2.75) is 46.9 Å². The van der Waals surface area contributed by atoms with Crippen LogP contribution < -0.4 is 10.2 Å². The van der Waals surface area contributed by atoms with Gasteiger partial charge in [-0.25, -0.2) is 0 Å². The van der Waals surface area contributed by atoms with Gasteiger partial charge in [0.2, 0.25) is 0 Å². The van der Waals surface area contributed by atoms with Crippen LogP contribution in [0.5, 0.6) is 5.75 Å². The highest BCUT2D eigenvalue weighted by atomic mass is 32.1. The van der Waals surface area contributed by atoms with Gasteiger partial charge in [-0.2, -0.15) is 0 Å². The number of thiophene rings is 1. The number of hydrogen-bond donors (Lipinski definition) is 0. The van der Waals surface area contributed by atoms with E-state index in [-0.39, 0.29) is 0 Å². The minimum atomic E-state index is 0.799. The molecule has 0 atom stereocenters. The van der Waals surface area contributed by atoms with Crippen molar-refractivity contribution >= 4 is 34.2 Å². The molecule has 0 amide bonds. The van der Waals surface area contributed by atoms with Crippen LogP contribution in [-0.2, 0) is 6.42 Å². The van der Waals surface area contributed by atoms with Crippen LogP contribution in [0.3, 0.4) is 0 Å². The Morgan fingerprint density at radius 1 is 1.08 bits per heavy atom. The van der Waals surface area contributed by atoms with E-state index in [4.69, 9.17) is 4.74 Å². The van der Waals surface area contributed by atoms with Crippen LogP contribution >= 0.6 is 11.3 Å². The van der Waals surface area contributed by atoms with Crippen LogP contribution in [0, 0.1) is 13.8 Å². The van der Waals surface area contributed by atoms with Crippen molar-refractivity contribution < 1.29 is 4.74 Å². The summed E-state index contributed by atoms with van der Waals surface area (Å²) in [5.41, 5.74) is 5.26. The fourth-order valence-corrected chi connectivity index (χ4v) is 4.30. The zero-order valence-electron chi connectivity index (χ0n) is 15.7. The molecule has 1 nitrogen and oxygen atoms in total. The van der Waals surface area contributed by atoms with Gasteiger partial charge in [-0.15, -0.1) is 11.3 Å². The molecule has 2 aromatic carbocycles. The Hall–Kier alpha value is -1.74. The van der Waals surface area contributed by atoms with Gasteiger partial charge in [-0.3, -0.25) is 0 Å². The Labute approximate surface area is 156 Å². The Balaban J connectivity index is 1.91. The molecule has 3 rings (SSSR count). The van der Waals surface area contributed by atoms with E-state index in [1.165, 1.54) is 37.1 Å². The summed E-state index contributed by atoms with van der Waals surface area (Å²) in [6, 6.07) is 13.3. The molecule has 0 saturated heterocycles. The monoisotopic (exact) mass is 349 g/mol. The largest absolute Gasteiger partial charge is 0.494 e. The molecule has 1 aromatic heterocycles. The van der Waals surface area contributed by atoms with E-state index in [9.17, 15) is 0 Å². The quantitative estimate of drug-likeness (QED) is 0.395. The number of hydrogen-bond acceptors (Lipinski definition) is 2. The highest BCUT2D eigenvalue weighted by molar-refractivity contribution is 7.19. The summed E-state index contributed by atoms with van der Waals surface area (Å²) in [7, 11) is 2.17. The van der Waals surface area contributed by atoms with E-state index < -0.39 is 0 Å². The molecule has 0 unspecified atom stereocenters. The van der Waals surface area contributed by atoms with Crippen molar-refractivity contribution in [1.82, 2.24) is 0 Å². The average Bonchev–Trinajstić information content (AvgIpc) is 3.03. The lowest BCUT2D eigenvalue weighted by atomic mass is 9.70. The molecular weight excluding hydrogens is 323 g/mol. The third-order valence-corrected chi connectivity index (χ3v) is 5.99. The second-order valence-corrected chi connectivity index (χ2v) is 7.79. The lowest BCUT2D eigenvalue weighted by molar-refractivity contribution is 0.309. The second-order valence-electron chi connectivity index (χ2n) is 6.62. The molecule has 3 heteroatoms.